The van der Waals surface area contributed by atoms with Gasteiger partial charge in [0.15, 0.2) is 0 Å². The van der Waals surface area contributed by atoms with E-state index in [4.69, 9.17) is 9.47 Å². The maximum Gasteiger partial charge on any atom is 0.311 e. The number of likely N-dealkylation sites (tertiary alicyclic amines) is 2. The smallest absolute Gasteiger partial charge is 0.311 e. The van der Waals surface area contributed by atoms with Crippen LogP contribution in [-0.4, -0.2) is 67.2 Å². The SMILES string of the molecule is COC(=O)C1CN(Cc2ccc3cc(C)ccc3c2)C1.COC(=O)C1CN(Cc2ccc3cc(O)ccc3c2)C1. The van der Waals surface area contributed by atoms with Crippen molar-refractivity contribution in [1.82, 2.24) is 9.80 Å². The van der Waals surface area contributed by atoms with Crippen LogP contribution in [0.3, 0.4) is 0 Å². The lowest BCUT2D eigenvalue weighted by atomic mass is 9.98. The van der Waals surface area contributed by atoms with Gasteiger partial charge in [0.2, 0.25) is 0 Å². The molecule has 0 unspecified atom stereocenters. The van der Waals surface area contributed by atoms with Crippen LogP contribution in [0.1, 0.15) is 16.7 Å². The van der Waals surface area contributed by atoms with E-state index in [0.717, 1.165) is 50.0 Å². The minimum Gasteiger partial charge on any atom is -0.508 e. The lowest BCUT2D eigenvalue weighted by Crippen LogP contribution is -2.49. The Kier molecular flexibility index (Phi) is 8.33. The Morgan fingerprint density at radius 3 is 1.60 bits per heavy atom. The van der Waals surface area contributed by atoms with Crippen molar-refractivity contribution < 1.29 is 24.2 Å². The number of aromatic hydroxyl groups is 1. The normalized spacial score (nSPS) is 16.1. The van der Waals surface area contributed by atoms with E-state index in [1.165, 1.54) is 41.7 Å². The highest BCUT2D eigenvalue weighted by Crippen LogP contribution is 2.25. The quantitative estimate of drug-likeness (QED) is 0.349. The summed E-state index contributed by atoms with van der Waals surface area (Å²) < 4.78 is 9.49. The lowest BCUT2D eigenvalue weighted by Gasteiger charge is -2.37. The topological polar surface area (TPSA) is 79.3 Å². The molecule has 0 amide bonds. The molecule has 6 rings (SSSR count). The van der Waals surface area contributed by atoms with E-state index in [0.29, 0.717) is 0 Å². The van der Waals surface area contributed by atoms with E-state index in [9.17, 15) is 14.7 Å². The number of phenolic OH excluding ortho intramolecular Hbond substituents is 1. The molecule has 0 spiro atoms. The first-order valence-electron chi connectivity index (χ1n) is 13.6. The van der Waals surface area contributed by atoms with Crippen LogP contribution in [0.5, 0.6) is 5.75 Å². The molecule has 0 radical (unpaired) electrons. The summed E-state index contributed by atoms with van der Waals surface area (Å²) in [6.45, 7) is 6.99. The van der Waals surface area contributed by atoms with Gasteiger partial charge < -0.3 is 14.6 Å². The van der Waals surface area contributed by atoms with Crippen LogP contribution < -0.4 is 0 Å². The Morgan fingerprint density at radius 2 is 1.10 bits per heavy atom. The first-order chi connectivity index (χ1) is 19.3. The van der Waals surface area contributed by atoms with Crippen molar-refractivity contribution in [2.75, 3.05) is 40.4 Å². The number of carbonyl (C=O) groups excluding carboxylic acids is 2. The molecule has 1 N–H and O–H groups in total. The first kappa shape index (κ1) is 27.6. The van der Waals surface area contributed by atoms with Crippen molar-refractivity contribution in [3.8, 4) is 5.75 Å². The fourth-order valence-corrected chi connectivity index (χ4v) is 5.44. The summed E-state index contributed by atoms with van der Waals surface area (Å²) in [6, 6.07) is 24.7. The summed E-state index contributed by atoms with van der Waals surface area (Å²) in [7, 11) is 2.89. The monoisotopic (exact) mass is 540 g/mol. The zero-order chi connectivity index (χ0) is 28.2. The van der Waals surface area contributed by atoms with Gasteiger partial charge in [-0.15, -0.1) is 0 Å². The molecule has 0 bridgehead atoms. The summed E-state index contributed by atoms with van der Waals surface area (Å²) >= 11 is 0. The number of methoxy groups -OCH3 is 2. The van der Waals surface area contributed by atoms with Crippen molar-refractivity contribution in [2.45, 2.75) is 20.0 Å². The number of aryl methyl sites for hydroxylation is 1. The van der Waals surface area contributed by atoms with Crippen LogP contribution in [-0.2, 0) is 32.2 Å². The van der Waals surface area contributed by atoms with Crippen LogP contribution >= 0.6 is 0 Å². The van der Waals surface area contributed by atoms with Crippen LogP contribution in [0.15, 0.2) is 72.8 Å². The fourth-order valence-electron chi connectivity index (χ4n) is 5.44. The van der Waals surface area contributed by atoms with Gasteiger partial charge in [-0.3, -0.25) is 19.4 Å². The standard InChI is InChI=1S/C17H19NO2.C16H17NO3/c1-12-3-5-15-8-13(4-6-14(15)7-12)9-18-10-16(11-18)17(19)20-2;1-20-16(19)14-9-17(10-14)8-11-2-3-13-7-15(18)5-4-12(13)6-11/h3-8,16H,9-11H2,1-2H3;2-7,14,18H,8-10H2,1H3. The van der Waals surface area contributed by atoms with E-state index >= 15 is 0 Å². The number of carbonyl (C=O) groups is 2. The predicted molar refractivity (Wildman–Crippen MR) is 156 cm³/mol. The van der Waals surface area contributed by atoms with Crippen molar-refractivity contribution >= 4 is 33.5 Å². The molecule has 0 saturated carbocycles. The second-order valence-electron chi connectivity index (χ2n) is 10.9. The van der Waals surface area contributed by atoms with Crippen LogP contribution in [0.2, 0.25) is 0 Å². The molecule has 2 heterocycles. The number of phenols is 1. The first-order valence-corrected chi connectivity index (χ1v) is 13.6. The van der Waals surface area contributed by atoms with Gasteiger partial charge in [-0.25, -0.2) is 0 Å². The number of fused-ring (bicyclic) bond motifs is 2. The molecular formula is C33H36N2O5. The predicted octanol–water partition coefficient (Wildman–Crippen LogP) is 4.90. The molecule has 4 aromatic carbocycles. The van der Waals surface area contributed by atoms with E-state index in [1.54, 1.807) is 12.1 Å². The molecule has 2 saturated heterocycles. The van der Waals surface area contributed by atoms with Crippen molar-refractivity contribution in [3.63, 3.8) is 0 Å². The molecule has 2 fully saturated rings. The molecule has 7 nitrogen and oxygen atoms in total. The summed E-state index contributed by atoms with van der Waals surface area (Å²) in [5.41, 5.74) is 3.80. The van der Waals surface area contributed by atoms with Gasteiger partial charge in [-0.05, 0) is 63.9 Å². The summed E-state index contributed by atoms with van der Waals surface area (Å²) in [5, 5.41) is 14.2. The molecule has 0 aliphatic carbocycles. The molecule has 2 aliphatic heterocycles. The van der Waals surface area contributed by atoms with Gasteiger partial charge >= 0.3 is 11.9 Å². The second-order valence-corrected chi connectivity index (χ2v) is 10.9. The van der Waals surface area contributed by atoms with E-state index in [1.807, 2.05) is 12.1 Å². The largest absolute Gasteiger partial charge is 0.508 e. The van der Waals surface area contributed by atoms with Crippen molar-refractivity contribution in [3.05, 3.63) is 89.5 Å². The Balaban J connectivity index is 0.000000161. The van der Waals surface area contributed by atoms with Gasteiger partial charge in [0.05, 0.1) is 26.1 Å². The zero-order valence-electron chi connectivity index (χ0n) is 23.3. The average molecular weight is 541 g/mol. The van der Waals surface area contributed by atoms with Gasteiger partial charge in [-0.2, -0.15) is 0 Å². The third-order valence-electron chi connectivity index (χ3n) is 7.74. The third-order valence-corrected chi connectivity index (χ3v) is 7.74. The molecule has 40 heavy (non-hydrogen) atoms. The van der Waals surface area contributed by atoms with Crippen molar-refractivity contribution in [1.29, 1.82) is 0 Å². The molecule has 4 aromatic rings. The number of nitrogens with zero attached hydrogens (tertiary/aromatic N) is 2. The minimum absolute atomic E-state index is 0.0254. The Morgan fingerprint density at radius 1 is 0.675 bits per heavy atom. The molecule has 7 heteroatoms. The Hall–Kier alpha value is -3.94. The number of esters is 2. The average Bonchev–Trinajstić information content (AvgIpc) is 2.91. The van der Waals surface area contributed by atoms with Crippen LogP contribution in [0.25, 0.3) is 21.5 Å². The van der Waals surface area contributed by atoms with E-state index < -0.39 is 0 Å². The molecule has 2 aliphatic rings. The minimum atomic E-state index is -0.116. The van der Waals surface area contributed by atoms with E-state index in [-0.39, 0.29) is 29.5 Å². The van der Waals surface area contributed by atoms with Crippen molar-refractivity contribution in [2.24, 2.45) is 11.8 Å². The third kappa shape index (κ3) is 6.43. The van der Waals surface area contributed by atoms with Gasteiger partial charge in [0, 0.05) is 39.3 Å². The maximum absolute atomic E-state index is 11.3. The zero-order valence-corrected chi connectivity index (χ0v) is 23.3. The fraction of sp³-hybridized carbons (Fsp3) is 0.333. The summed E-state index contributed by atoms with van der Waals surface area (Å²) in [5.74, 6) is 0.167. The number of benzene rings is 4. The Bertz CT molecular complexity index is 1410. The highest BCUT2D eigenvalue weighted by molar-refractivity contribution is 5.85. The van der Waals surface area contributed by atoms with Gasteiger partial charge in [0.25, 0.3) is 0 Å². The summed E-state index contributed by atoms with van der Waals surface area (Å²) in [6.07, 6.45) is 0. The van der Waals surface area contributed by atoms with Gasteiger partial charge in [-0.1, -0.05) is 54.1 Å². The Labute approximate surface area is 234 Å². The maximum atomic E-state index is 11.3. The lowest BCUT2D eigenvalue weighted by molar-refractivity contribution is -0.152. The van der Waals surface area contributed by atoms with Gasteiger partial charge in [0.1, 0.15) is 5.75 Å². The highest BCUT2D eigenvalue weighted by Gasteiger charge is 2.34. The summed E-state index contributed by atoms with van der Waals surface area (Å²) in [4.78, 5) is 27.2. The highest BCUT2D eigenvalue weighted by atomic mass is 16.5. The van der Waals surface area contributed by atoms with Crippen LogP contribution in [0, 0.1) is 18.8 Å². The van der Waals surface area contributed by atoms with E-state index in [2.05, 4.69) is 65.3 Å². The second kappa shape index (κ2) is 12.1. The molecular weight excluding hydrogens is 504 g/mol. The number of rotatable bonds is 6. The number of hydrogen-bond donors (Lipinski definition) is 1. The number of ether oxygens (including phenoxy) is 2. The molecule has 0 atom stereocenters. The molecule has 208 valence electrons. The molecule has 0 aromatic heterocycles. The number of hydrogen-bond acceptors (Lipinski definition) is 7. The van der Waals surface area contributed by atoms with Crippen LogP contribution in [0.4, 0.5) is 0 Å².